The number of ether oxygens (including phenoxy) is 2. The van der Waals surface area contributed by atoms with Crippen molar-refractivity contribution in [3.8, 4) is 5.75 Å². The number of nitrogens with one attached hydrogen (secondary N) is 1. The summed E-state index contributed by atoms with van der Waals surface area (Å²) in [5.74, 6) is -1.77. The predicted octanol–water partition coefficient (Wildman–Crippen LogP) is 2.05. The molecule has 1 aliphatic heterocycles. The van der Waals surface area contributed by atoms with E-state index in [4.69, 9.17) is 9.47 Å². The minimum Gasteiger partial charge on any atom is -0.494 e. The maximum atomic E-state index is 12.2. The molecule has 1 N–H and O–H groups in total. The Morgan fingerprint density at radius 1 is 1.09 bits per heavy atom. The van der Waals surface area contributed by atoms with E-state index >= 15 is 0 Å². The van der Waals surface area contributed by atoms with E-state index in [1.165, 1.54) is 36.3 Å². The zero-order chi connectivity index (χ0) is 23.3. The number of rotatable bonds is 8. The summed E-state index contributed by atoms with van der Waals surface area (Å²) >= 11 is 0. The van der Waals surface area contributed by atoms with Crippen molar-refractivity contribution in [3.05, 3.63) is 63.7 Å². The molecule has 3 rings (SSSR count). The van der Waals surface area contributed by atoms with Crippen LogP contribution < -0.4 is 10.1 Å². The number of hydrogen-bond donors (Lipinski definition) is 1. The molecule has 11 heteroatoms. The van der Waals surface area contributed by atoms with Gasteiger partial charge in [-0.05, 0) is 23.8 Å². The first-order valence-corrected chi connectivity index (χ1v) is 9.50. The number of carbonyl (C=O) groups excluding carboxylic acids is 4. The average Bonchev–Trinajstić information content (AvgIpc) is 3.10. The Hall–Kier alpha value is -4.28. The van der Waals surface area contributed by atoms with Crippen molar-refractivity contribution in [2.24, 2.45) is 0 Å². The molecule has 11 nitrogen and oxygen atoms in total. The normalized spacial score (nSPS) is 13.1. The third-order valence-corrected chi connectivity index (χ3v) is 4.69. The second-order valence-corrected chi connectivity index (χ2v) is 6.84. The maximum Gasteiger partial charge on any atom is 0.338 e. The molecule has 2 aromatic carbocycles. The van der Waals surface area contributed by atoms with Gasteiger partial charge in [-0.1, -0.05) is 12.1 Å². The smallest absolute Gasteiger partial charge is 0.338 e. The van der Waals surface area contributed by atoms with Crippen LogP contribution in [0.25, 0.3) is 0 Å². The average molecular weight is 441 g/mol. The number of amides is 3. The summed E-state index contributed by atoms with van der Waals surface area (Å²) in [7, 11) is 1.30. The summed E-state index contributed by atoms with van der Waals surface area (Å²) in [6, 6.07) is 9.81. The molecule has 0 bridgehead atoms. The highest BCUT2D eigenvalue weighted by atomic mass is 16.6. The van der Waals surface area contributed by atoms with Gasteiger partial charge in [-0.3, -0.25) is 29.4 Å². The molecule has 1 saturated heterocycles. The zero-order valence-corrected chi connectivity index (χ0v) is 17.0. The van der Waals surface area contributed by atoms with E-state index in [9.17, 15) is 29.3 Å². The Morgan fingerprint density at radius 2 is 1.75 bits per heavy atom. The number of imide groups is 1. The summed E-state index contributed by atoms with van der Waals surface area (Å²) in [4.78, 5) is 59.1. The first-order chi connectivity index (χ1) is 15.3. The lowest BCUT2D eigenvalue weighted by molar-refractivity contribution is -0.384. The van der Waals surface area contributed by atoms with Crippen molar-refractivity contribution in [2.45, 2.75) is 19.4 Å². The molecule has 1 heterocycles. The third-order valence-electron chi connectivity index (χ3n) is 4.69. The van der Waals surface area contributed by atoms with E-state index in [1.54, 1.807) is 12.1 Å². The van der Waals surface area contributed by atoms with Crippen molar-refractivity contribution in [1.29, 1.82) is 0 Å². The van der Waals surface area contributed by atoms with Crippen molar-refractivity contribution in [2.75, 3.05) is 19.0 Å². The van der Waals surface area contributed by atoms with Crippen LogP contribution in [0.1, 0.15) is 28.8 Å². The predicted molar refractivity (Wildman–Crippen MR) is 110 cm³/mol. The Balaban J connectivity index is 1.54. The first kappa shape index (κ1) is 22.4. The number of carbonyl (C=O) groups is 4. The Kier molecular flexibility index (Phi) is 6.78. The van der Waals surface area contributed by atoms with Crippen molar-refractivity contribution in [1.82, 2.24) is 4.90 Å². The minimum atomic E-state index is -0.740. The fourth-order valence-corrected chi connectivity index (χ4v) is 3.03. The molecule has 0 atom stereocenters. The van der Waals surface area contributed by atoms with Gasteiger partial charge in [0.05, 0.1) is 35.9 Å². The molecule has 1 aliphatic rings. The highest BCUT2D eigenvalue weighted by molar-refractivity contribution is 6.02. The quantitative estimate of drug-likeness (QED) is 0.283. The summed E-state index contributed by atoms with van der Waals surface area (Å²) < 4.78 is 10.0. The van der Waals surface area contributed by atoms with Crippen LogP contribution in [0.2, 0.25) is 0 Å². The topological polar surface area (TPSA) is 145 Å². The van der Waals surface area contributed by atoms with Gasteiger partial charge in [0.15, 0.2) is 6.61 Å². The molecule has 1 fully saturated rings. The van der Waals surface area contributed by atoms with E-state index < -0.39 is 23.4 Å². The molecule has 166 valence electrons. The van der Waals surface area contributed by atoms with Crippen molar-refractivity contribution in [3.63, 3.8) is 0 Å². The van der Waals surface area contributed by atoms with Gasteiger partial charge < -0.3 is 14.8 Å². The molecule has 0 aliphatic carbocycles. The molecule has 32 heavy (non-hydrogen) atoms. The molecule has 0 unspecified atom stereocenters. The van der Waals surface area contributed by atoms with Gasteiger partial charge in [0.2, 0.25) is 11.8 Å². The number of esters is 1. The second kappa shape index (κ2) is 9.69. The van der Waals surface area contributed by atoms with Crippen LogP contribution in [-0.4, -0.2) is 47.2 Å². The number of methoxy groups -OCH3 is 1. The number of nitrogens with zero attached hydrogens (tertiary/aromatic N) is 2. The van der Waals surface area contributed by atoms with Gasteiger partial charge in [-0.15, -0.1) is 0 Å². The summed E-state index contributed by atoms with van der Waals surface area (Å²) in [6.07, 6.45) is 0.411. The molecule has 0 radical (unpaired) electrons. The van der Waals surface area contributed by atoms with Gasteiger partial charge in [0.25, 0.3) is 11.6 Å². The molecule has 0 aromatic heterocycles. The number of nitro groups is 1. The largest absolute Gasteiger partial charge is 0.494 e. The van der Waals surface area contributed by atoms with Crippen LogP contribution in [0, 0.1) is 10.1 Å². The summed E-state index contributed by atoms with van der Waals surface area (Å²) in [5, 5.41) is 13.3. The fourth-order valence-electron chi connectivity index (χ4n) is 3.03. The number of hydrogen-bond acceptors (Lipinski definition) is 8. The van der Waals surface area contributed by atoms with E-state index in [2.05, 4.69) is 5.32 Å². The Bertz CT molecular complexity index is 1060. The standard InChI is InChI=1S/C21H19N3O8/c1-31-17-10-15(24(29)30)6-7-16(17)22-18(25)12-32-21(28)14-4-2-13(3-5-14)11-23-19(26)8-9-20(23)27/h2-7,10H,8-9,11-12H2,1H3,(H,22,25). The van der Waals surface area contributed by atoms with Gasteiger partial charge in [0, 0.05) is 18.9 Å². The van der Waals surface area contributed by atoms with Gasteiger partial charge in [0.1, 0.15) is 5.75 Å². The van der Waals surface area contributed by atoms with E-state index in [-0.39, 0.29) is 53.9 Å². The van der Waals surface area contributed by atoms with Crippen molar-refractivity contribution >= 4 is 35.1 Å². The van der Waals surface area contributed by atoms with Crippen LogP contribution in [0.3, 0.4) is 0 Å². The second-order valence-electron chi connectivity index (χ2n) is 6.84. The van der Waals surface area contributed by atoms with Crippen LogP contribution in [0.15, 0.2) is 42.5 Å². The lowest BCUT2D eigenvalue weighted by atomic mass is 10.1. The molecule has 0 spiro atoms. The number of benzene rings is 2. The SMILES string of the molecule is COc1cc([N+](=O)[O-])ccc1NC(=O)COC(=O)c1ccc(CN2C(=O)CCC2=O)cc1. The zero-order valence-electron chi connectivity index (χ0n) is 17.0. The fraction of sp³-hybridized carbons (Fsp3) is 0.238. The monoisotopic (exact) mass is 441 g/mol. The van der Waals surface area contributed by atoms with Crippen LogP contribution in [0.4, 0.5) is 11.4 Å². The van der Waals surface area contributed by atoms with E-state index in [1.807, 2.05) is 0 Å². The van der Waals surface area contributed by atoms with Crippen molar-refractivity contribution < 1.29 is 33.6 Å². The number of likely N-dealkylation sites (tertiary alicyclic amines) is 1. The lowest BCUT2D eigenvalue weighted by Gasteiger charge is -2.14. The van der Waals surface area contributed by atoms with E-state index in [0.717, 1.165) is 6.07 Å². The molecular weight excluding hydrogens is 422 g/mol. The van der Waals surface area contributed by atoms with Crippen LogP contribution in [-0.2, 0) is 25.7 Å². The molecule has 3 amide bonds. The van der Waals surface area contributed by atoms with Crippen LogP contribution >= 0.6 is 0 Å². The highest BCUT2D eigenvalue weighted by Crippen LogP contribution is 2.28. The number of nitro benzene ring substituents is 1. The molecular formula is C21H19N3O8. The van der Waals surface area contributed by atoms with Gasteiger partial charge in [-0.2, -0.15) is 0 Å². The minimum absolute atomic E-state index is 0.0874. The highest BCUT2D eigenvalue weighted by Gasteiger charge is 2.28. The molecule has 2 aromatic rings. The van der Waals surface area contributed by atoms with Gasteiger partial charge >= 0.3 is 5.97 Å². The maximum absolute atomic E-state index is 12.2. The Labute approximate surface area is 182 Å². The Morgan fingerprint density at radius 3 is 2.34 bits per heavy atom. The van der Waals surface area contributed by atoms with Crippen LogP contribution in [0.5, 0.6) is 5.75 Å². The molecule has 0 saturated carbocycles. The summed E-state index contributed by atoms with van der Waals surface area (Å²) in [6.45, 7) is -0.454. The first-order valence-electron chi connectivity index (χ1n) is 9.50. The lowest BCUT2D eigenvalue weighted by Crippen LogP contribution is -2.28. The number of anilines is 1. The number of non-ortho nitro benzene ring substituents is 1. The van der Waals surface area contributed by atoms with E-state index in [0.29, 0.717) is 5.56 Å². The third kappa shape index (κ3) is 5.25. The summed E-state index contributed by atoms with van der Waals surface area (Å²) in [5.41, 5.74) is 0.851. The van der Waals surface area contributed by atoms with Gasteiger partial charge in [-0.25, -0.2) is 4.79 Å².